The van der Waals surface area contributed by atoms with E-state index in [2.05, 4.69) is 4.74 Å². The lowest BCUT2D eigenvalue weighted by Gasteiger charge is -2.22. The van der Waals surface area contributed by atoms with Gasteiger partial charge in [0.1, 0.15) is 0 Å². The molecule has 2 rings (SSSR count). The SMILES string of the molecule is Cc1ccccc1CN(CC1CC1)C(=O)C(=O)OCC(F)(F)F. The number of carbonyl (C=O) groups excluding carboxylic acids is 2. The highest BCUT2D eigenvalue weighted by Crippen LogP contribution is 2.30. The van der Waals surface area contributed by atoms with E-state index in [1.807, 2.05) is 31.2 Å². The molecule has 0 saturated heterocycles. The monoisotopic (exact) mass is 329 g/mol. The number of aryl methyl sites for hydroxylation is 1. The predicted octanol–water partition coefficient (Wildman–Crippen LogP) is 2.84. The number of nitrogens with zero attached hydrogens (tertiary/aromatic N) is 1. The Morgan fingerprint density at radius 2 is 1.91 bits per heavy atom. The van der Waals surface area contributed by atoms with E-state index in [0.29, 0.717) is 12.5 Å². The predicted molar refractivity (Wildman–Crippen MR) is 76.3 cm³/mol. The molecule has 0 N–H and O–H groups in total. The van der Waals surface area contributed by atoms with Gasteiger partial charge in [0.25, 0.3) is 0 Å². The van der Waals surface area contributed by atoms with Gasteiger partial charge in [0.15, 0.2) is 6.61 Å². The highest BCUT2D eigenvalue weighted by atomic mass is 19.4. The molecule has 0 spiro atoms. The molecule has 0 unspecified atom stereocenters. The number of amides is 1. The summed E-state index contributed by atoms with van der Waals surface area (Å²) in [5.74, 6) is -2.18. The zero-order valence-electron chi connectivity index (χ0n) is 12.7. The van der Waals surface area contributed by atoms with Crippen LogP contribution in [-0.4, -0.2) is 36.1 Å². The van der Waals surface area contributed by atoms with Crippen molar-refractivity contribution in [2.45, 2.75) is 32.5 Å². The average Bonchev–Trinajstić information content (AvgIpc) is 3.29. The molecule has 1 fully saturated rings. The van der Waals surface area contributed by atoms with Crippen LogP contribution < -0.4 is 0 Å². The van der Waals surface area contributed by atoms with E-state index in [0.717, 1.165) is 24.0 Å². The fourth-order valence-corrected chi connectivity index (χ4v) is 2.16. The van der Waals surface area contributed by atoms with Crippen LogP contribution in [0.4, 0.5) is 13.2 Å². The van der Waals surface area contributed by atoms with Gasteiger partial charge in [-0.1, -0.05) is 24.3 Å². The summed E-state index contributed by atoms with van der Waals surface area (Å²) in [6, 6.07) is 7.36. The average molecular weight is 329 g/mol. The van der Waals surface area contributed by atoms with Gasteiger partial charge in [-0.3, -0.25) is 4.79 Å². The number of carbonyl (C=O) groups is 2. The Kier molecular flexibility index (Phi) is 5.28. The van der Waals surface area contributed by atoms with Gasteiger partial charge in [0.2, 0.25) is 0 Å². The normalized spacial score (nSPS) is 14.4. The molecule has 7 heteroatoms. The van der Waals surface area contributed by atoms with E-state index in [1.165, 1.54) is 4.90 Å². The Morgan fingerprint density at radius 3 is 2.48 bits per heavy atom. The lowest BCUT2D eigenvalue weighted by Crippen LogP contribution is -2.39. The smallest absolute Gasteiger partial charge is 0.422 e. The molecule has 0 aromatic heterocycles. The van der Waals surface area contributed by atoms with Gasteiger partial charge in [0.05, 0.1) is 0 Å². The molecule has 0 atom stereocenters. The standard InChI is InChI=1S/C16H18F3NO3/c1-11-4-2-3-5-13(11)9-20(8-12-6-7-12)14(21)15(22)23-10-16(17,18)19/h2-5,12H,6-10H2,1H3. The van der Waals surface area contributed by atoms with Gasteiger partial charge in [-0.05, 0) is 36.8 Å². The summed E-state index contributed by atoms with van der Waals surface area (Å²) in [4.78, 5) is 25.0. The van der Waals surface area contributed by atoms with Crippen molar-refractivity contribution in [3.8, 4) is 0 Å². The van der Waals surface area contributed by atoms with Gasteiger partial charge in [-0.2, -0.15) is 13.2 Å². The van der Waals surface area contributed by atoms with Gasteiger partial charge < -0.3 is 9.64 Å². The van der Waals surface area contributed by atoms with Crippen LogP contribution in [0.2, 0.25) is 0 Å². The summed E-state index contributed by atoms with van der Waals surface area (Å²) in [5.41, 5.74) is 1.80. The minimum atomic E-state index is -4.65. The van der Waals surface area contributed by atoms with E-state index in [4.69, 9.17) is 0 Å². The number of benzene rings is 1. The van der Waals surface area contributed by atoms with Crippen LogP contribution in [0.5, 0.6) is 0 Å². The first kappa shape index (κ1) is 17.3. The minimum Gasteiger partial charge on any atom is -0.449 e. The number of esters is 1. The summed E-state index contributed by atoms with van der Waals surface area (Å²) in [6.45, 7) is 0.660. The maximum absolute atomic E-state index is 12.1. The van der Waals surface area contributed by atoms with Crippen molar-refractivity contribution in [1.29, 1.82) is 0 Å². The third kappa shape index (κ3) is 5.58. The van der Waals surface area contributed by atoms with Gasteiger partial charge in [0, 0.05) is 13.1 Å². The molecule has 1 saturated carbocycles. The third-order valence-corrected chi connectivity index (χ3v) is 3.63. The van der Waals surface area contributed by atoms with Crippen molar-refractivity contribution in [3.05, 3.63) is 35.4 Å². The van der Waals surface area contributed by atoms with Crippen molar-refractivity contribution in [2.24, 2.45) is 5.92 Å². The molecule has 1 aromatic rings. The molecular formula is C16H18F3NO3. The number of ether oxygens (including phenoxy) is 1. The van der Waals surface area contributed by atoms with Crippen LogP contribution in [-0.2, 0) is 20.9 Å². The zero-order chi connectivity index (χ0) is 17.0. The maximum atomic E-state index is 12.1. The van der Waals surface area contributed by atoms with Crippen LogP contribution in [0, 0.1) is 12.8 Å². The molecule has 23 heavy (non-hydrogen) atoms. The zero-order valence-corrected chi connectivity index (χ0v) is 12.7. The van der Waals surface area contributed by atoms with Gasteiger partial charge in [-0.15, -0.1) is 0 Å². The number of hydrogen-bond donors (Lipinski definition) is 0. The Labute approximate surface area is 132 Å². The molecule has 1 aliphatic rings. The fourth-order valence-electron chi connectivity index (χ4n) is 2.16. The summed E-state index contributed by atoms with van der Waals surface area (Å²) in [7, 11) is 0. The van der Waals surface area contributed by atoms with E-state index >= 15 is 0 Å². The summed E-state index contributed by atoms with van der Waals surface area (Å²) >= 11 is 0. The number of alkyl halides is 3. The lowest BCUT2D eigenvalue weighted by atomic mass is 10.1. The van der Waals surface area contributed by atoms with Crippen molar-refractivity contribution in [2.75, 3.05) is 13.2 Å². The molecular weight excluding hydrogens is 311 g/mol. The Morgan fingerprint density at radius 1 is 1.26 bits per heavy atom. The molecule has 0 aliphatic heterocycles. The highest BCUT2D eigenvalue weighted by Gasteiger charge is 2.34. The van der Waals surface area contributed by atoms with E-state index in [1.54, 1.807) is 0 Å². The lowest BCUT2D eigenvalue weighted by molar-refractivity contribution is -0.189. The molecule has 1 aromatic carbocycles. The summed E-state index contributed by atoms with van der Waals surface area (Å²) in [5, 5.41) is 0. The fraction of sp³-hybridized carbons (Fsp3) is 0.500. The maximum Gasteiger partial charge on any atom is 0.422 e. The number of rotatable bonds is 5. The topological polar surface area (TPSA) is 46.6 Å². The summed E-state index contributed by atoms with van der Waals surface area (Å²) in [6.07, 6.45) is -2.74. The van der Waals surface area contributed by atoms with Crippen LogP contribution >= 0.6 is 0 Å². The number of halogens is 3. The van der Waals surface area contributed by atoms with Crippen LogP contribution in [0.1, 0.15) is 24.0 Å². The second kappa shape index (κ2) is 7.02. The molecule has 1 aliphatic carbocycles. The van der Waals surface area contributed by atoms with Gasteiger partial charge >= 0.3 is 18.1 Å². The largest absolute Gasteiger partial charge is 0.449 e. The molecule has 4 nitrogen and oxygen atoms in total. The molecule has 0 heterocycles. The molecule has 1 amide bonds. The van der Waals surface area contributed by atoms with Crippen molar-refractivity contribution in [3.63, 3.8) is 0 Å². The second-order valence-electron chi connectivity index (χ2n) is 5.75. The summed E-state index contributed by atoms with van der Waals surface area (Å²) < 4.78 is 40.4. The minimum absolute atomic E-state index is 0.184. The van der Waals surface area contributed by atoms with Gasteiger partial charge in [-0.25, -0.2) is 4.79 Å². The van der Waals surface area contributed by atoms with E-state index in [-0.39, 0.29) is 6.54 Å². The van der Waals surface area contributed by atoms with Crippen LogP contribution in [0.25, 0.3) is 0 Å². The van der Waals surface area contributed by atoms with Crippen molar-refractivity contribution in [1.82, 2.24) is 4.90 Å². The number of hydrogen-bond acceptors (Lipinski definition) is 3. The third-order valence-electron chi connectivity index (χ3n) is 3.63. The highest BCUT2D eigenvalue weighted by molar-refractivity contribution is 6.32. The van der Waals surface area contributed by atoms with Crippen LogP contribution in [0.15, 0.2) is 24.3 Å². The van der Waals surface area contributed by atoms with Crippen molar-refractivity contribution < 1.29 is 27.5 Å². The molecule has 0 bridgehead atoms. The molecule has 126 valence electrons. The van der Waals surface area contributed by atoms with E-state index < -0.39 is 24.7 Å². The van der Waals surface area contributed by atoms with E-state index in [9.17, 15) is 22.8 Å². The quantitative estimate of drug-likeness (QED) is 0.616. The first-order chi connectivity index (χ1) is 10.8. The first-order valence-corrected chi connectivity index (χ1v) is 7.33. The Bertz CT molecular complexity index is 582. The van der Waals surface area contributed by atoms with Crippen LogP contribution in [0.3, 0.4) is 0 Å². The second-order valence-corrected chi connectivity index (χ2v) is 5.75. The molecule has 0 radical (unpaired) electrons. The van der Waals surface area contributed by atoms with Crippen molar-refractivity contribution >= 4 is 11.9 Å². The Hall–Kier alpha value is -2.05. The first-order valence-electron chi connectivity index (χ1n) is 7.33. The Balaban J connectivity index is 2.03.